The van der Waals surface area contributed by atoms with E-state index in [2.05, 4.69) is 10.2 Å². The first-order valence-corrected chi connectivity index (χ1v) is 5.38. The van der Waals surface area contributed by atoms with Crippen molar-refractivity contribution in [3.8, 4) is 11.3 Å². The fourth-order valence-corrected chi connectivity index (χ4v) is 1.58. The quantitative estimate of drug-likeness (QED) is 0.880. The molecule has 0 atom stereocenters. The van der Waals surface area contributed by atoms with Gasteiger partial charge >= 0.3 is 12.1 Å². The van der Waals surface area contributed by atoms with Crippen molar-refractivity contribution in [2.24, 2.45) is 0 Å². The number of benzene rings is 1. The zero-order valence-electron chi connectivity index (χ0n) is 9.88. The highest BCUT2D eigenvalue weighted by Gasteiger charge is 2.39. The minimum atomic E-state index is -4.93. The Hall–Kier alpha value is -2.31. The summed E-state index contributed by atoms with van der Waals surface area (Å²) < 4.78 is 36.4. The van der Waals surface area contributed by atoms with E-state index in [-0.39, 0.29) is 5.82 Å². The van der Waals surface area contributed by atoms with E-state index in [1.54, 1.807) is 36.5 Å². The molecule has 1 amide bonds. The van der Waals surface area contributed by atoms with Crippen molar-refractivity contribution in [3.63, 3.8) is 0 Å². The lowest BCUT2D eigenvalue weighted by Crippen LogP contribution is -2.30. The van der Waals surface area contributed by atoms with Gasteiger partial charge in [-0.3, -0.25) is 9.89 Å². The van der Waals surface area contributed by atoms with Crippen molar-refractivity contribution in [1.82, 2.24) is 10.2 Å². The summed E-state index contributed by atoms with van der Waals surface area (Å²) in [5, 5.41) is 8.04. The normalized spacial score (nSPS) is 11.4. The fraction of sp³-hybridized carbons (Fsp3) is 0.167. The molecule has 7 heteroatoms. The largest absolute Gasteiger partial charge is 0.471 e. The minimum Gasteiger partial charge on any atom is -0.301 e. The lowest BCUT2D eigenvalue weighted by atomic mass is 10.1. The van der Waals surface area contributed by atoms with Crippen molar-refractivity contribution in [1.29, 1.82) is 0 Å². The lowest BCUT2D eigenvalue weighted by Gasteiger charge is -2.06. The van der Waals surface area contributed by atoms with Crippen molar-refractivity contribution >= 4 is 11.7 Å². The van der Waals surface area contributed by atoms with Crippen LogP contribution >= 0.6 is 0 Å². The van der Waals surface area contributed by atoms with Crippen molar-refractivity contribution < 1.29 is 18.0 Å². The zero-order valence-corrected chi connectivity index (χ0v) is 9.88. The van der Waals surface area contributed by atoms with Crippen LogP contribution in [0.5, 0.6) is 0 Å². The van der Waals surface area contributed by atoms with Crippen LogP contribution in [0, 0.1) is 6.92 Å². The number of aromatic nitrogens is 2. The number of hydrogen-bond donors (Lipinski definition) is 2. The maximum Gasteiger partial charge on any atom is 0.471 e. The molecule has 19 heavy (non-hydrogen) atoms. The molecule has 0 spiro atoms. The Bertz CT molecular complexity index is 590. The molecule has 1 aromatic carbocycles. The molecular weight excluding hydrogens is 259 g/mol. The number of nitrogens with zero attached hydrogens (tertiary/aromatic N) is 1. The summed E-state index contributed by atoms with van der Waals surface area (Å²) in [6, 6.07) is 8.99. The second-order valence-electron chi connectivity index (χ2n) is 3.89. The van der Waals surface area contributed by atoms with E-state index in [0.717, 1.165) is 5.56 Å². The Morgan fingerprint density at radius 3 is 2.47 bits per heavy atom. The molecule has 0 fully saturated rings. The van der Waals surface area contributed by atoms with E-state index in [1.807, 2.05) is 6.07 Å². The number of alkyl halides is 3. The van der Waals surface area contributed by atoms with E-state index in [4.69, 9.17) is 0 Å². The second kappa shape index (κ2) is 4.75. The van der Waals surface area contributed by atoms with E-state index >= 15 is 0 Å². The van der Waals surface area contributed by atoms with Crippen molar-refractivity contribution in [3.05, 3.63) is 35.9 Å². The van der Waals surface area contributed by atoms with Gasteiger partial charge in [-0.1, -0.05) is 30.3 Å². The Morgan fingerprint density at radius 1 is 1.26 bits per heavy atom. The van der Waals surface area contributed by atoms with Crippen LogP contribution in [0.15, 0.2) is 30.3 Å². The average Bonchev–Trinajstić information content (AvgIpc) is 2.71. The van der Waals surface area contributed by atoms with Gasteiger partial charge in [0, 0.05) is 5.56 Å². The molecule has 100 valence electrons. The summed E-state index contributed by atoms with van der Waals surface area (Å²) in [6.45, 7) is 1.58. The number of carbonyl (C=O) groups excluding carboxylic acids is 1. The summed E-state index contributed by atoms with van der Waals surface area (Å²) >= 11 is 0. The fourth-order valence-electron chi connectivity index (χ4n) is 1.58. The zero-order chi connectivity index (χ0) is 14.0. The van der Waals surface area contributed by atoms with Gasteiger partial charge in [0.2, 0.25) is 0 Å². The molecule has 0 saturated heterocycles. The number of rotatable bonds is 2. The Balaban J connectivity index is 2.27. The van der Waals surface area contributed by atoms with Crippen molar-refractivity contribution in [2.45, 2.75) is 13.1 Å². The number of amides is 1. The Morgan fingerprint density at radius 2 is 1.89 bits per heavy atom. The molecule has 1 heterocycles. The summed E-state index contributed by atoms with van der Waals surface area (Å²) in [4.78, 5) is 10.8. The van der Waals surface area contributed by atoms with Crippen LogP contribution in [0.2, 0.25) is 0 Å². The van der Waals surface area contributed by atoms with Crippen LogP contribution in [0.25, 0.3) is 11.3 Å². The van der Waals surface area contributed by atoms with E-state index in [1.165, 1.54) is 0 Å². The molecule has 4 nitrogen and oxygen atoms in total. The number of anilines is 1. The molecular formula is C12H10F3N3O. The van der Waals surface area contributed by atoms with Crippen LogP contribution in [0.3, 0.4) is 0 Å². The lowest BCUT2D eigenvalue weighted by molar-refractivity contribution is -0.167. The number of hydrogen-bond acceptors (Lipinski definition) is 2. The number of H-pyrrole nitrogens is 1. The third-order valence-corrected chi connectivity index (χ3v) is 2.56. The number of aromatic amines is 1. The van der Waals surface area contributed by atoms with Crippen molar-refractivity contribution in [2.75, 3.05) is 5.32 Å². The van der Waals surface area contributed by atoms with E-state index in [0.29, 0.717) is 11.3 Å². The van der Waals surface area contributed by atoms with Crippen LogP contribution in [0.4, 0.5) is 19.0 Å². The molecule has 0 radical (unpaired) electrons. The molecule has 0 aliphatic heterocycles. The van der Waals surface area contributed by atoms with Gasteiger partial charge in [-0.05, 0) is 12.5 Å². The average molecular weight is 269 g/mol. The highest BCUT2D eigenvalue weighted by molar-refractivity contribution is 5.95. The predicted molar refractivity (Wildman–Crippen MR) is 63.4 cm³/mol. The van der Waals surface area contributed by atoms with E-state index in [9.17, 15) is 18.0 Å². The maximum absolute atomic E-state index is 12.1. The first kappa shape index (κ1) is 13.1. The van der Waals surface area contributed by atoms with Gasteiger partial charge in [-0.2, -0.15) is 18.3 Å². The first-order valence-electron chi connectivity index (χ1n) is 5.38. The Labute approximate surface area is 106 Å². The summed E-state index contributed by atoms with van der Waals surface area (Å²) in [5.41, 5.74) is 1.79. The predicted octanol–water partition coefficient (Wildman–Crippen LogP) is 2.89. The van der Waals surface area contributed by atoms with Crippen LogP contribution in [0.1, 0.15) is 5.56 Å². The summed E-state index contributed by atoms with van der Waals surface area (Å²) in [7, 11) is 0. The third-order valence-electron chi connectivity index (χ3n) is 2.56. The molecule has 2 N–H and O–H groups in total. The van der Waals surface area contributed by atoms with Gasteiger partial charge < -0.3 is 5.32 Å². The molecule has 0 saturated carbocycles. The molecule has 0 bridgehead atoms. The van der Waals surface area contributed by atoms with Gasteiger partial charge in [0.1, 0.15) is 0 Å². The van der Waals surface area contributed by atoms with Gasteiger partial charge in [0.25, 0.3) is 0 Å². The summed E-state index contributed by atoms with van der Waals surface area (Å²) in [6.07, 6.45) is -4.93. The van der Waals surface area contributed by atoms with Gasteiger partial charge in [-0.15, -0.1) is 0 Å². The topological polar surface area (TPSA) is 57.8 Å². The smallest absolute Gasteiger partial charge is 0.301 e. The molecule has 0 unspecified atom stereocenters. The van der Waals surface area contributed by atoms with Gasteiger partial charge in [-0.25, -0.2) is 0 Å². The van der Waals surface area contributed by atoms with E-state index < -0.39 is 12.1 Å². The van der Waals surface area contributed by atoms with Crippen LogP contribution in [-0.4, -0.2) is 22.3 Å². The number of carbonyl (C=O) groups is 1. The standard InChI is InChI=1S/C12H10F3N3O/c1-7-9(8-5-3-2-4-6-8)17-18-10(7)16-11(19)12(13,14)15/h2-6H,1H3,(H2,16,17,18,19). The van der Waals surface area contributed by atoms with Crippen LogP contribution < -0.4 is 5.32 Å². The molecule has 2 aromatic rings. The Kier molecular flexibility index (Phi) is 3.28. The first-order chi connectivity index (χ1) is 8.89. The SMILES string of the molecule is Cc1c(NC(=O)C(F)(F)F)n[nH]c1-c1ccccc1. The second-order valence-corrected chi connectivity index (χ2v) is 3.89. The third kappa shape index (κ3) is 2.75. The van der Waals surface area contributed by atoms with Gasteiger partial charge in [0.05, 0.1) is 5.69 Å². The van der Waals surface area contributed by atoms with Gasteiger partial charge in [0.15, 0.2) is 5.82 Å². The maximum atomic E-state index is 12.1. The molecule has 0 aliphatic carbocycles. The summed E-state index contributed by atoms with van der Waals surface area (Å²) in [5.74, 6) is -2.16. The highest BCUT2D eigenvalue weighted by Crippen LogP contribution is 2.26. The monoisotopic (exact) mass is 269 g/mol. The number of halogens is 3. The number of nitrogens with one attached hydrogen (secondary N) is 2. The molecule has 1 aromatic heterocycles. The minimum absolute atomic E-state index is 0.124. The highest BCUT2D eigenvalue weighted by atomic mass is 19.4. The van der Waals surface area contributed by atoms with Crippen LogP contribution in [-0.2, 0) is 4.79 Å². The molecule has 0 aliphatic rings. The molecule has 2 rings (SSSR count).